The van der Waals surface area contributed by atoms with Crippen molar-refractivity contribution < 1.29 is 15.0 Å². The number of hydrogen-bond donors (Lipinski definition) is 3. The summed E-state index contributed by atoms with van der Waals surface area (Å²) in [7, 11) is 0. The molecule has 1 atom stereocenters. The number of aliphatic hydroxyl groups is 1. The molecule has 5 nitrogen and oxygen atoms in total. The van der Waals surface area contributed by atoms with Crippen molar-refractivity contribution >= 4 is 29.8 Å². The van der Waals surface area contributed by atoms with Crippen LogP contribution >= 0.6 is 11.6 Å². The monoisotopic (exact) mass is 344 g/mol. The molecule has 2 aromatic carbocycles. The third-order valence-corrected chi connectivity index (χ3v) is 3.40. The molecule has 124 valence electrons. The molecule has 0 saturated carbocycles. The van der Waals surface area contributed by atoms with Crippen LogP contribution in [0.5, 0.6) is 5.75 Å². The first kappa shape index (κ1) is 17.7. The van der Waals surface area contributed by atoms with E-state index in [0.717, 1.165) is 11.1 Å². The number of halogens is 1. The molecule has 0 aliphatic heterocycles. The molecular formula is C18H17ClN2O3. The van der Waals surface area contributed by atoms with Crippen molar-refractivity contribution in [1.82, 2.24) is 5.43 Å². The lowest BCUT2D eigenvalue weighted by Gasteiger charge is -2.02. The topological polar surface area (TPSA) is 81.9 Å². The lowest BCUT2D eigenvalue weighted by atomic mass is 10.1. The van der Waals surface area contributed by atoms with E-state index in [4.69, 9.17) is 11.6 Å². The first-order chi connectivity index (χ1) is 11.5. The highest BCUT2D eigenvalue weighted by Gasteiger charge is 2.07. The fraction of sp³-hybridized carbons (Fsp3) is 0.111. The number of aliphatic hydroxyl groups excluding tert-OH is 1. The van der Waals surface area contributed by atoms with Crippen LogP contribution in [0.2, 0.25) is 5.02 Å². The second-order valence-electron chi connectivity index (χ2n) is 5.13. The van der Waals surface area contributed by atoms with Crippen molar-refractivity contribution in [2.45, 2.75) is 13.0 Å². The highest BCUT2D eigenvalue weighted by molar-refractivity contribution is 6.32. The number of hydrazone groups is 1. The van der Waals surface area contributed by atoms with Crippen LogP contribution in [0, 0.1) is 0 Å². The summed E-state index contributed by atoms with van der Waals surface area (Å²) in [6, 6.07) is 11.6. The van der Waals surface area contributed by atoms with Crippen molar-refractivity contribution in [1.29, 1.82) is 0 Å². The van der Waals surface area contributed by atoms with E-state index in [1.807, 2.05) is 30.3 Å². The van der Waals surface area contributed by atoms with E-state index < -0.39 is 12.0 Å². The second-order valence-corrected chi connectivity index (χ2v) is 5.54. The van der Waals surface area contributed by atoms with E-state index in [9.17, 15) is 15.0 Å². The van der Waals surface area contributed by atoms with Gasteiger partial charge in [-0.3, -0.25) is 4.79 Å². The van der Waals surface area contributed by atoms with Gasteiger partial charge >= 0.3 is 0 Å². The Morgan fingerprint density at radius 2 is 1.88 bits per heavy atom. The van der Waals surface area contributed by atoms with Crippen LogP contribution in [0.3, 0.4) is 0 Å². The number of carbonyl (C=O) groups excluding carboxylic acids is 1. The van der Waals surface area contributed by atoms with Gasteiger partial charge in [-0.15, -0.1) is 0 Å². The van der Waals surface area contributed by atoms with Gasteiger partial charge in [0.2, 0.25) is 0 Å². The highest BCUT2D eigenvalue weighted by Crippen LogP contribution is 2.23. The smallest absolute Gasteiger partial charge is 0.271 e. The fourth-order valence-electron chi connectivity index (χ4n) is 1.82. The lowest BCUT2D eigenvalue weighted by molar-refractivity contribution is 0.0955. The molecule has 24 heavy (non-hydrogen) atoms. The van der Waals surface area contributed by atoms with Crippen LogP contribution in [0.4, 0.5) is 0 Å². The minimum atomic E-state index is -0.491. The first-order valence-electron chi connectivity index (χ1n) is 7.24. The zero-order chi connectivity index (χ0) is 17.5. The number of carbonyl (C=O) groups is 1. The molecule has 0 aliphatic rings. The maximum Gasteiger partial charge on any atom is 0.271 e. The number of nitrogens with one attached hydrogen (secondary N) is 1. The second kappa shape index (κ2) is 8.29. The van der Waals surface area contributed by atoms with Crippen LogP contribution in [0.15, 0.2) is 53.6 Å². The fourth-order valence-corrected chi connectivity index (χ4v) is 2.00. The van der Waals surface area contributed by atoms with Crippen LogP contribution in [0.1, 0.15) is 28.4 Å². The Morgan fingerprint density at radius 3 is 2.50 bits per heavy atom. The SMILES string of the molecule is CC(O)/C=C/c1ccc(/C=N/NC(=O)c2ccc(O)c(Cl)c2)cc1. The molecule has 2 aromatic rings. The average Bonchev–Trinajstić information content (AvgIpc) is 2.56. The third-order valence-electron chi connectivity index (χ3n) is 3.09. The number of rotatable bonds is 5. The van der Waals surface area contributed by atoms with E-state index in [-0.39, 0.29) is 10.8 Å². The molecule has 3 N–H and O–H groups in total. The Labute approximate surface area is 144 Å². The number of phenols is 1. The number of amides is 1. The summed E-state index contributed by atoms with van der Waals surface area (Å²) >= 11 is 5.76. The maximum atomic E-state index is 11.9. The van der Waals surface area contributed by atoms with Crippen LogP contribution in [-0.2, 0) is 0 Å². The summed E-state index contributed by atoms with van der Waals surface area (Å²) in [6.07, 6.45) is 4.53. The molecule has 6 heteroatoms. The number of nitrogens with zero attached hydrogens (tertiary/aromatic N) is 1. The van der Waals surface area contributed by atoms with Crippen molar-refractivity contribution in [3.8, 4) is 5.75 Å². The molecule has 0 heterocycles. The number of hydrogen-bond acceptors (Lipinski definition) is 4. The first-order valence-corrected chi connectivity index (χ1v) is 7.62. The highest BCUT2D eigenvalue weighted by atomic mass is 35.5. The van der Waals surface area contributed by atoms with Crippen LogP contribution < -0.4 is 5.43 Å². The van der Waals surface area contributed by atoms with Crippen molar-refractivity contribution in [3.05, 3.63) is 70.3 Å². The molecule has 0 bridgehead atoms. The molecule has 0 radical (unpaired) electrons. The van der Waals surface area contributed by atoms with E-state index in [1.165, 1.54) is 24.4 Å². The van der Waals surface area contributed by atoms with E-state index in [0.29, 0.717) is 5.56 Å². The summed E-state index contributed by atoms with van der Waals surface area (Å²) in [5, 5.41) is 22.5. The van der Waals surface area contributed by atoms with Crippen molar-refractivity contribution in [2.24, 2.45) is 5.10 Å². The lowest BCUT2D eigenvalue weighted by Crippen LogP contribution is -2.17. The van der Waals surface area contributed by atoms with Gasteiger partial charge in [-0.05, 0) is 36.2 Å². The molecule has 0 aromatic heterocycles. The normalized spacial score (nSPS) is 12.6. The van der Waals surface area contributed by atoms with Gasteiger partial charge < -0.3 is 10.2 Å². The summed E-state index contributed by atoms with van der Waals surface area (Å²) in [5.41, 5.74) is 4.46. The van der Waals surface area contributed by atoms with Gasteiger partial charge in [-0.1, -0.05) is 48.0 Å². The molecule has 0 fully saturated rings. The number of phenolic OH excluding ortho intramolecular Hbond substituents is 1. The van der Waals surface area contributed by atoms with Crippen LogP contribution in [0.25, 0.3) is 6.08 Å². The predicted molar refractivity (Wildman–Crippen MR) is 95.3 cm³/mol. The zero-order valence-electron chi connectivity index (χ0n) is 13.0. The Balaban J connectivity index is 1.95. The minimum Gasteiger partial charge on any atom is -0.506 e. The number of benzene rings is 2. The van der Waals surface area contributed by atoms with Gasteiger partial charge in [0, 0.05) is 5.56 Å². The summed E-state index contributed by atoms with van der Waals surface area (Å²) in [6.45, 7) is 1.68. The standard InChI is InChI=1S/C18H17ClN2O3/c1-12(22)2-3-13-4-6-14(7-5-13)11-20-21-18(24)15-8-9-17(23)16(19)10-15/h2-12,22-23H,1H3,(H,21,24)/b3-2+,20-11+. The van der Waals surface area contributed by atoms with E-state index in [2.05, 4.69) is 10.5 Å². The van der Waals surface area contributed by atoms with E-state index in [1.54, 1.807) is 13.0 Å². The molecular weight excluding hydrogens is 328 g/mol. The van der Waals surface area contributed by atoms with Gasteiger partial charge in [0.05, 0.1) is 17.3 Å². The predicted octanol–water partition coefficient (Wildman–Crippen LogP) is 3.20. The molecule has 0 aliphatic carbocycles. The van der Waals surface area contributed by atoms with Gasteiger partial charge in [-0.25, -0.2) is 5.43 Å². The van der Waals surface area contributed by atoms with Crippen LogP contribution in [-0.4, -0.2) is 28.4 Å². The molecule has 1 unspecified atom stereocenters. The Hall–Kier alpha value is -2.63. The molecule has 0 saturated heterocycles. The van der Waals surface area contributed by atoms with Gasteiger partial charge in [0.1, 0.15) is 5.75 Å². The van der Waals surface area contributed by atoms with Crippen molar-refractivity contribution in [3.63, 3.8) is 0 Å². The van der Waals surface area contributed by atoms with Crippen molar-refractivity contribution in [2.75, 3.05) is 0 Å². The zero-order valence-corrected chi connectivity index (χ0v) is 13.7. The number of aromatic hydroxyl groups is 1. The molecule has 1 amide bonds. The summed E-state index contributed by atoms with van der Waals surface area (Å²) in [4.78, 5) is 11.9. The summed E-state index contributed by atoms with van der Waals surface area (Å²) < 4.78 is 0. The summed E-state index contributed by atoms with van der Waals surface area (Å²) in [5.74, 6) is -0.508. The maximum absolute atomic E-state index is 11.9. The van der Waals surface area contributed by atoms with Gasteiger partial charge in [0.15, 0.2) is 0 Å². The molecule has 0 spiro atoms. The van der Waals surface area contributed by atoms with Gasteiger partial charge in [-0.2, -0.15) is 5.10 Å². The minimum absolute atomic E-state index is 0.0820. The van der Waals surface area contributed by atoms with E-state index >= 15 is 0 Å². The largest absolute Gasteiger partial charge is 0.506 e. The molecule has 2 rings (SSSR count). The van der Waals surface area contributed by atoms with Gasteiger partial charge in [0.25, 0.3) is 5.91 Å². The quantitative estimate of drug-likeness (QED) is 0.575. The average molecular weight is 345 g/mol. The Kier molecular flexibility index (Phi) is 6.12. The Bertz CT molecular complexity index is 768. The third kappa shape index (κ3) is 5.22. The Morgan fingerprint density at radius 1 is 1.21 bits per heavy atom.